The Hall–Kier alpha value is -2.71. The summed E-state index contributed by atoms with van der Waals surface area (Å²) < 4.78 is 0. The summed E-state index contributed by atoms with van der Waals surface area (Å²) in [5, 5.41) is 39.4. The van der Waals surface area contributed by atoms with E-state index in [2.05, 4.69) is 16.6 Å². The molecule has 1 aromatic carbocycles. The van der Waals surface area contributed by atoms with Gasteiger partial charge < -0.3 is 40.3 Å². The Morgan fingerprint density at radius 2 is 1.30 bits per heavy atom. The van der Waals surface area contributed by atoms with E-state index >= 15 is 0 Å². The molecule has 1 fully saturated rings. The second-order valence-electron chi connectivity index (χ2n) is 11.0. The van der Waals surface area contributed by atoms with Gasteiger partial charge in [-0.15, -0.1) is 6.42 Å². The van der Waals surface area contributed by atoms with Crippen LogP contribution in [0, 0.1) is 52.3 Å². The maximum atomic E-state index is 13.0. The molecule has 0 spiro atoms. The Bertz CT molecular complexity index is 1160. The molecule has 1 atom stereocenters. The van der Waals surface area contributed by atoms with Crippen LogP contribution in [0.5, 0.6) is 0 Å². The van der Waals surface area contributed by atoms with Crippen molar-refractivity contribution in [3.05, 3.63) is 35.4 Å². The third-order valence-electron chi connectivity index (χ3n) is 7.59. The second-order valence-corrected chi connectivity index (χ2v) is 11.0. The first kappa shape index (κ1) is 41.3. The van der Waals surface area contributed by atoms with E-state index in [1.165, 1.54) is 0 Å². The number of hydrogen-bond acceptors (Lipinski definition) is 12. The average molecular weight is 785 g/mol. The van der Waals surface area contributed by atoms with E-state index in [0.717, 1.165) is 30.4 Å². The zero-order valence-corrected chi connectivity index (χ0v) is 28.5. The predicted octanol–water partition coefficient (Wildman–Crippen LogP) is -4.92. The van der Waals surface area contributed by atoms with Crippen LogP contribution in [0.15, 0.2) is 24.3 Å². The van der Waals surface area contributed by atoms with Crippen molar-refractivity contribution in [2.24, 2.45) is 0 Å². The van der Waals surface area contributed by atoms with Crippen LogP contribution in [-0.2, 0) is 30.4 Å². The maximum Gasteiger partial charge on any atom is 3.00 e. The van der Waals surface area contributed by atoms with Crippen LogP contribution in [0.25, 0.3) is 0 Å². The van der Waals surface area contributed by atoms with E-state index < -0.39 is 36.4 Å². The van der Waals surface area contributed by atoms with Gasteiger partial charge in [-0.1, -0.05) is 18.1 Å². The van der Waals surface area contributed by atoms with Crippen molar-refractivity contribution in [3.63, 3.8) is 0 Å². The number of terminal acetylenes is 1. The van der Waals surface area contributed by atoms with Crippen molar-refractivity contribution in [2.75, 3.05) is 85.1 Å². The quantitative estimate of drug-likeness (QED) is 0.128. The minimum Gasteiger partial charge on any atom is -0.549 e. The maximum absolute atomic E-state index is 13.0. The molecule has 1 aromatic rings. The van der Waals surface area contributed by atoms with Crippen molar-refractivity contribution < 1.29 is 79.2 Å². The molecule has 2 rings (SSSR count). The number of benzene rings is 1. The Labute approximate surface area is 302 Å². The number of hydrogen-bond donors (Lipinski definition) is 2. The van der Waals surface area contributed by atoms with Crippen molar-refractivity contribution in [1.82, 2.24) is 30.2 Å². The molecule has 2 amide bonds. The molecular weight excluding hydrogens is 742 g/mol. The average Bonchev–Trinajstić information content (AvgIpc) is 2.98. The molecule has 0 saturated carbocycles. The minimum atomic E-state index is -1.30. The fraction of sp³-hybridized carbons (Fsp3) is 0.581. The summed E-state index contributed by atoms with van der Waals surface area (Å²) in [7, 11) is 0. The molecule has 253 valence electrons. The fourth-order valence-electron chi connectivity index (χ4n) is 5.00. The van der Waals surface area contributed by atoms with Crippen molar-refractivity contribution in [1.29, 1.82) is 0 Å². The molecule has 0 aliphatic carbocycles. The summed E-state index contributed by atoms with van der Waals surface area (Å²) in [6.45, 7) is 2.46. The van der Waals surface area contributed by atoms with Crippen molar-refractivity contribution >= 4 is 29.7 Å². The fourth-order valence-corrected chi connectivity index (χ4v) is 5.00. The normalized spacial score (nSPS) is 16.4. The van der Waals surface area contributed by atoms with Gasteiger partial charge in [0.25, 0.3) is 0 Å². The Balaban J connectivity index is 0.0000106. The molecule has 1 heterocycles. The summed E-state index contributed by atoms with van der Waals surface area (Å²) >= 11 is 0. The largest absolute Gasteiger partial charge is 3.00 e. The van der Waals surface area contributed by atoms with Crippen LogP contribution >= 0.6 is 0 Å². The number of rotatable bonds is 15. The van der Waals surface area contributed by atoms with Gasteiger partial charge in [0.15, 0.2) is 0 Å². The van der Waals surface area contributed by atoms with Crippen molar-refractivity contribution in [3.8, 4) is 12.3 Å². The molecule has 0 aromatic heterocycles. The molecule has 1 saturated heterocycles. The Morgan fingerprint density at radius 3 is 1.78 bits per heavy atom. The van der Waals surface area contributed by atoms with E-state index in [4.69, 9.17) is 6.42 Å². The SMILES string of the molecule is C#Cc1cccc(CCCCNC(=O)CNC(=O)C(C)N2CCN(CC(=O)[O-])CCN(CC(=O)[O-])CCN(CC(=O)[O-])CC2)c1.[Gd+3]. The number of carbonyl (C=O) groups is 5. The molecule has 1 aliphatic heterocycles. The van der Waals surface area contributed by atoms with Gasteiger partial charge in [0.2, 0.25) is 11.8 Å². The third-order valence-corrected chi connectivity index (χ3v) is 7.59. The molecule has 14 nitrogen and oxygen atoms in total. The van der Waals surface area contributed by atoms with E-state index in [-0.39, 0.29) is 118 Å². The van der Waals surface area contributed by atoms with Gasteiger partial charge in [0.1, 0.15) is 0 Å². The van der Waals surface area contributed by atoms with Gasteiger partial charge in [-0.3, -0.25) is 29.2 Å². The summed E-state index contributed by atoms with van der Waals surface area (Å²) in [4.78, 5) is 65.8. The van der Waals surface area contributed by atoms with Crippen LogP contribution in [0.3, 0.4) is 0 Å². The van der Waals surface area contributed by atoms with E-state index in [0.29, 0.717) is 6.54 Å². The van der Waals surface area contributed by atoms with Crippen LogP contribution in [-0.4, -0.2) is 140 Å². The number of carbonyl (C=O) groups excluding carboxylic acids is 5. The standard InChI is InChI=1S/C31H46N6O8.Gd/c1-3-25-8-6-9-26(19-25)7-4-5-10-32-27(38)20-33-31(45)24(2)37-17-15-35(22-29(41)42)13-11-34(21-28(39)40)12-14-36(16-18-37)23-30(43)44;/h1,6,8-9,19,24H,4-5,7,10-18,20-23H2,2H3,(H,32,38)(H,33,45)(H,39,40)(H,41,42)(H,43,44);/q;+3/p-3. The van der Waals surface area contributed by atoms with Gasteiger partial charge >= 0.3 is 39.9 Å². The number of aliphatic carboxylic acids is 3. The Kier molecular flexibility index (Phi) is 20.4. The summed E-state index contributed by atoms with van der Waals surface area (Å²) in [6, 6.07) is 7.03. The summed E-state index contributed by atoms with van der Waals surface area (Å²) in [5.74, 6) is -2.03. The predicted molar refractivity (Wildman–Crippen MR) is 159 cm³/mol. The van der Waals surface area contributed by atoms with Crippen LogP contribution in [0.4, 0.5) is 0 Å². The Morgan fingerprint density at radius 1 is 0.804 bits per heavy atom. The monoisotopic (exact) mass is 785 g/mol. The molecule has 15 heteroatoms. The molecular formula is C31H43GdN6O8. The van der Waals surface area contributed by atoms with E-state index in [1.54, 1.807) is 26.5 Å². The van der Waals surface area contributed by atoms with Gasteiger partial charge in [-0.2, -0.15) is 0 Å². The first-order valence-electron chi connectivity index (χ1n) is 15.1. The van der Waals surface area contributed by atoms with Gasteiger partial charge in [0, 0.05) is 84.1 Å². The molecule has 1 aliphatic rings. The number of carboxylic acids is 3. The second kappa shape index (κ2) is 22.8. The van der Waals surface area contributed by atoms with Crippen LogP contribution in [0.2, 0.25) is 0 Å². The molecule has 1 radical (unpaired) electrons. The minimum absolute atomic E-state index is 0. The number of unbranched alkanes of at least 4 members (excludes halogenated alkanes) is 1. The summed E-state index contributed by atoms with van der Waals surface area (Å²) in [5.41, 5.74) is 1.95. The molecule has 0 bridgehead atoms. The van der Waals surface area contributed by atoms with Crippen LogP contribution in [0.1, 0.15) is 30.9 Å². The topological polar surface area (TPSA) is 192 Å². The van der Waals surface area contributed by atoms with E-state index in [9.17, 15) is 39.3 Å². The number of amides is 2. The van der Waals surface area contributed by atoms with Crippen molar-refractivity contribution in [2.45, 2.75) is 32.2 Å². The van der Waals surface area contributed by atoms with Gasteiger partial charge in [0.05, 0.1) is 30.5 Å². The zero-order valence-electron chi connectivity index (χ0n) is 26.2. The van der Waals surface area contributed by atoms with Gasteiger partial charge in [-0.05, 0) is 43.9 Å². The van der Waals surface area contributed by atoms with Crippen LogP contribution < -0.4 is 26.0 Å². The first-order chi connectivity index (χ1) is 21.5. The number of carboxylic acid groups (broad SMARTS) is 3. The van der Waals surface area contributed by atoms with E-state index in [1.807, 2.05) is 24.3 Å². The zero-order chi connectivity index (χ0) is 33.2. The number of nitrogens with zero attached hydrogens (tertiary/aromatic N) is 4. The molecule has 46 heavy (non-hydrogen) atoms. The third kappa shape index (κ3) is 17.3. The smallest absolute Gasteiger partial charge is 0.549 e. The summed E-state index contributed by atoms with van der Waals surface area (Å²) in [6.07, 6.45) is 7.87. The first-order valence-corrected chi connectivity index (χ1v) is 15.1. The van der Waals surface area contributed by atoms with Gasteiger partial charge in [-0.25, -0.2) is 0 Å². The number of aryl methyl sites for hydroxylation is 1. The molecule has 2 N–H and O–H groups in total. The number of nitrogens with one attached hydrogen (secondary N) is 2. The molecule has 1 unspecified atom stereocenters.